The van der Waals surface area contributed by atoms with Crippen molar-refractivity contribution in [1.29, 1.82) is 0 Å². The van der Waals surface area contributed by atoms with Crippen LogP contribution in [0.15, 0.2) is 47.0 Å². The summed E-state index contributed by atoms with van der Waals surface area (Å²) in [5, 5.41) is -0.827. The molecule has 6 nitrogen and oxygen atoms in total. The maximum absolute atomic E-state index is 14.2. The first-order valence-corrected chi connectivity index (χ1v) is 14.6. The largest absolute Gasteiger partial charge is 0.473 e. The van der Waals surface area contributed by atoms with Crippen LogP contribution < -0.4 is 0 Å². The lowest BCUT2D eigenvalue weighted by atomic mass is 9.92. The number of likely N-dealkylation sites (tertiary alicyclic amines) is 1. The molecular weight excluding hydrogens is 513 g/mol. The van der Waals surface area contributed by atoms with Gasteiger partial charge in [0.2, 0.25) is 5.90 Å². The highest BCUT2D eigenvalue weighted by atomic mass is 35.5. The van der Waals surface area contributed by atoms with E-state index in [0.29, 0.717) is 11.5 Å². The zero-order chi connectivity index (χ0) is 25.5. The number of pyridine rings is 1. The van der Waals surface area contributed by atoms with Gasteiger partial charge >= 0.3 is 0 Å². The second kappa shape index (κ2) is 11.0. The molecule has 0 amide bonds. The zero-order valence-electron chi connectivity index (χ0n) is 21.8. The van der Waals surface area contributed by atoms with Crippen molar-refractivity contribution in [2.24, 2.45) is 4.40 Å². The van der Waals surface area contributed by atoms with Gasteiger partial charge in [0.05, 0.1) is 0 Å². The molecule has 37 heavy (non-hydrogen) atoms. The maximum atomic E-state index is 14.2. The lowest BCUT2D eigenvalue weighted by Gasteiger charge is -2.37. The normalized spacial score (nSPS) is 24.4. The highest BCUT2D eigenvalue weighted by molar-refractivity contribution is 7.91. The van der Waals surface area contributed by atoms with E-state index in [1.165, 1.54) is 18.9 Å². The van der Waals surface area contributed by atoms with E-state index in [4.69, 9.17) is 9.72 Å². The summed E-state index contributed by atoms with van der Waals surface area (Å²) in [6.45, 7) is 7.69. The molecule has 1 aromatic heterocycles. The Kier molecular flexibility index (Phi) is 8.31. The van der Waals surface area contributed by atoms with Crippen molar-refractivity contribution in [3.63, 3.8) is 0 Å². The first-order chi connectivity index (χ1) is 17.1. The first-order valence-electron chi connectivity index (χ1n) is 13.1. The average Bonchev–Trinajstić information content (AvgIpc) is 3.67. The van der Waals surface area contributed by atoms with Crippen molar-refractivity contribution in [3.05, 3.63) is 65.2 Å². The molecule has 2 atom stereocenters. The molecule has 1 saturated carbocycles. The van der Waals surface area contributed by atoms with Crippen LogP contribution in [-0.2, 0) is 21.2 Å². The highest BCUT2D eigenvalue weighted by Gasteiger charge is 2.46. The minimum absolute atomic E-state index is 0. The Labute approximate surface area is 226 Å². The van der Waals surface area contributed by atoms with Gasteiger partial charge in [-0.25, -0.2) is 12.8 Å². The molecule has 2 fully saturated rings. The Bertz CT molecular complexity index is 1220. The van der Waals surface area contributed by atoms with Crippen LogP contribution in [0.2, 0.25) is 0 Å². The third kappa shape index (κ3) is 6.35. The molecule has 5 rings (SSSR count). The Morgan fingerprint density at radius 3 is 2.41 bits per heavy atom. The van der Waals surface area contributed by atoms with Crippen molar-refractivity contribution < 1.29 is 17.5 Å². The van der Waals surface area contributed by atoms with E-state index >= 15 is 0 Å². The van der Waals surface area contributed by atoms with Gasteiger partial charge in [0, 0.05) is 30.3 Å². The summed E-state index contributed by atoms with van der Waals surface area (Å²) in [6, 6.07) is 11.4. The van der Waals surface area contributed by atoms with E-state index < -0.39 is 20.9 Å². The van der Waals surface area contributed by atoms with Crippen LogP contribution in [-0.4, -0.2) is 54.2 Å². The third-order valence-corrected chi connectivity index (χ3v) is 9.85. The minimum atomic E-state index is -3.82. The van der Waals surface area contributed by atoms with E-state index in [9.17, 15) is 12.8 Å². The number of piperidine rings is 1. The quantitative estimate of drug-likeness (QED) is 0.448. The molecule has 3 heterocycles. The second-order valence-electron chi connectivity index (χ2n) is 11.2. The summed E-state index contributed by atoms with van der Waals surface area (Å²) in [4.78, 5) is 7.32. The number of hydrogen-bond donors (Lipinski definition) is 0. The average molecular weight is 550 g/mol. The molecule has 202 valence electrons. The maximum Gasteiger partial charge on any atom is 0.263 e. The van der Waals surface area contributed by atoms with Crippen molar-refractivity contribution in [3.8, 4) is 0 Å². The molecule has 1 aromatic carbocycles. The number of hydrogen-bond acceptors (Lipinski definition) is 5. The van der Waals surface area contributed by atoms with Gasteiger partial charge in [-0.05, 0) is 88.2 Å². The lowest BCUT2D eigenvalue weighted by molar-refractivity contribution is 0.0803. The van der Waals surface area contributed by atoms with Gasteiger partial charge in [-0.3, -0.25) is 4.98 Å². The minimum Gasteiger partial charge on any atom is -0.473 e. The Morgan fingerprint density at radius 1 is 1.11 bits per heavy atom. The number of sulfonamides is 1. The molecule has 1 saturated heterocycles. The van der Waals surface area contributed by atoms with Gasteiger partial charge in [0.25, 0.3) is 10.0 Å². The van der Waals surface area contributed by atoms with Crippen LogP contribution in [0, 0.1) is 5.82 Å². The molecule has 1 unspecified atom stereocenters. The standard InChI is InChI=1S/C28H36FN3O3S.ClH/c1-19(23-6-4-5-7-24(23)29)16-27-31-36(33,34)26(28(2,3)35-27)17-20-8-11-25(30-18-20)21-12-14-32(15-13-21)22-9-10-22;/h4-8,11,18-19,21-22,26H,9-10,12-17H2,1-3H3;1H/t19-,26?;/m1./s1. The number of nitrogens with zero attached hydrogens (tertiary/aromatic N) is 3. The van der Waals surface area contributed by atoms with E-state index in [1.54, 1.807) is 32.0 Å². The Morgan fingerprint density at radius 2 is 1.81 bits per heavy atom. The van der Waals surface area contributed by atoms with Crippen LogP contribution in [0.4, 0.5) is 4.39 Å². The second-order valence-corrected chi connectivity index (χ2v) is 12.9. The summed E-state index contributed by atoms with van der Waals surface area (Å²) in [6.07, 6.45) is 7.25. The number of aromatic nitrogens is 1. The molecule has 2 aliphatic heterocycles. The summed E-state index contributed by atoms with van der Waals surface area (Å²) in [5.41, 5.74) is 1.50. The van der Waals surface area contributed by atoms with E-state index in [1.807, 2.05) is 19.2 Å². The first kappa shape index (κ1) is 28.0. The molecular formula is C28H37ClFN3O3S. The Balaban J connectivity index is 0.00000320. The number of benzene rings is 1. The zero-order valence-corrected chi connectivity index (χ0v) is 23.4. The molecule has 0 spiro atoms. The van der Waals surface area contributed by atoms with Crippen LogP contribution in [0.25, 0.3) is 0 Å². The predicted molar refractivity (Wildman–Crippen MR) is 146 cm³/mol. The summed E-state index contributed by atoms with van der Waals surface area (Å²) >= 11 is 0. The van der Waals surface area contributed by atoms with Crippen LogP contribution in [0.5, 0.6) is 0 Å². The van der Waals surface area contributed by atoms with Crippen molar-refractivity contribution in [2.75, 3.05) is 13.1 Å². The summed E-state index contributed by atoms with van der Waals surface area (Å²) in [5.74, 6) is 0.0278. The molecule has 0 N–H and O–H groups in total. The molecule has 1 aliphatic carbocycles. The molecule has 0 radical (unpaired) electrons. The molecule has 9 heteroatoms. The summed E-state index contributed by atoms with van der Waals surface area (Å²) < 4.78 is 50.8. The fraction of sp³-hybridized carbons (Fsp3) is 0.571. The Hall–Kier alpha value is -2.03. The monoisotopic (exact) mass is 549 g/mol. The smallest absolute Gasteiger partial charge is 0.263 e. The van der Waals surface area contributed by atoms with Crippen LogP contribution in [0.3, 0.4) is 0 Å². The van der Waals surface area contributed by atoms with Gasteiger partial charge in [-0.15, -0.1) is 16.8 Å². The van der Waals surface area contributed by atoms with Crippen molar-refractivity contribution >= 4 is 28.3 Å². The number of rotatable bonds is 7. The lowest BCUT2D eigenvalue weighted by Crippen LogP contribution is -2.50. The van der Waals surface area contributed by atoms with Crippen molar-refractivity contribution in [1.82, 2.24) is 9.88 Å². The predicted octanol–water partition coefficient (Wildman–Crippen LogP) is 5.63. The van der Waals surface area contributed by atoms with E-state index in [2.05, 4.69) is 15.4 Å². The number of ether oxygens (including phenoxy) is 1. The van der Waals surface area contributed by atoms with Gasteiger partial charge < -0.3 is 9.64 Å². The fourth-order valence-corrected chi connectivity index (χ4v) is 7.33. The summed E-state index contributed by atoms with van der Waals surface area (Å²) in [7, 11) is -3.82. The van der Waals surface area contributed by atoms with Gasteiger partial charge in [-0.1, -0.05) is 31.2 Å². The van der Waals surface area contributed by atoms with Gasteiger partial charge in [0.15, 0.2) is 0 Å². The van der Waals surface area contributed by atoms with Crippen molar-refractivity contribution in [2.45, 2.75) is 88.0 Å². The highest BCUT2D eigenvalue weighted by Crippen LogP contribution is 2.36. The SMILES string of the molecule is C[C@H](CC1=NS(=O)(=O)C(Cc2ccc(C3CCN(C4CC4)CC3)nc2)C(C)(C)O1)c1ccccc1F.Cl. The van der Waals surface area contributed by atoms with Gasteiger partial charge in [-0.2, -0.15) is 0 Å². The molecule has 3 aliphatic rings. The molecule has 2 aromatic rings. The van der Waals surface area contributed by atoms with E-state index in [0.717, 1.165) is 43.2 Å². The van der Waals surface area contributed by atoms with Gasteiger partial charge in [0.1, 0.15) is 16.7 Å². The van der Waals surface area contributed by atoms with Crippen LogP contribution >= 0.6 is 12.4 Å². The number of halogens is 2. The van der Waals surface area contributed by atoms with E-state index in [-0.39, 0.29) is 42.9 Å². The third-order valence-electron chi connectivity index (χ3n) is 7.94. The van der Waals surface area contributed by atoms with Crippen LogP contribution in [0.1, 0.15) is 81.5 Å². The fourth-order valence-electron chi connectivity index (χ4n) is 5.64. The topological polar surface area (TPSA) is 71.9 Å². The molecule has 0 bridgehead atoms.